The lowest BCUT2D eigenvalue weighted by molar-refractivity contribution is -0.137. The minimum absolute atomic E-state index is 0.00634. The van der Waals surface area contributed by atoms with Gasteiger partial charge in [-0.25, -0.2) is 0 Å². The summed E-state index contributed by atoms with van der Waals surface area (Å²) in [5.41, 5.74) is 0.169. The Morgan fingerprint density at radius 2 is 1.92 bits per heavy atom. The predicted molar refractivity (Wildman–Crippen MR) is 40.9 cm³/mol. The van der Waals surface area contributed by atoms with Crippen LogP contribution in [0.1, 0.15) is 18.1 Å². The van der Waals surface area contributed by atoms with E-state index < -0.39 is 11.7 Å². The lowest BCUT2D eigenvalue weighted by Crippen LogP contribution is -2.02. The minimum atomic E-state index is -4.30. The van der Waals surface area contributed by atoms with E-state index in [9.17, 15) is 13.2 Å². The number of rotatable bonds is 1. The monoisotopic (exact) mass is 188 g/mol. The number of ether oxygens (including phenoxy) is 1. The van der Waals surface area contributed by atoms with Crippen molar-refractivity contribution in [3.05, 3.63) is 23.3 Å². The number of halogens is 3. The summed E-state index contributed by atoms with van der Waals surface area (Å²) in [6.45, 7) is 1.88. The first-order chi connectivity index (χ1) is 6.04. The molecule has 1 aromatic carbocycles. The predicted octanol–water partition coefficient (Wildman–Crippen LogP) is 3.37. The van der Waals surface area contributed by atoms with Gasteiger partial charge in [-0.15, -0.1) is 0 Å². The van der Waals surface area contributed by atoms with Gasteiger partial charge in [0.25, 0.3) is 0 Å². The van der Waals surface area contributed by atoms with E-state index in [-0.39, 0.29) is 5.75 Å². The van der Waals surface area contributed by atoms with Gasteiger partial charge in [0.05, 0.1) is 0 Å². The van der Waals surface area contributed by atoms with Gasteiger partial charge in [0, 0.05) is 0 Å². The molecule has 0 saturated heterocycles. The van der Waals surface area contributed by atoms with Gasteiger partial charge in [0.1, 0.15) is 5.56 Å². The van der Waals surface area contributed by atoms with Crippen LogP contribution in [-0.4, -0.2) is 0 Å². The third-order valence-electron chi connectivity index (χ3n) is 2.04. The van der Waals surface area contributed by atoms with Crippen LogP contribution in [0.25, 0.3) is 0 Å². The van der Waals surface area contributed by atoms with Crippen molar-refractivity contribution < 1.29 is 17.9 Å². The second kappa shape index (κ2) is 2.40. The second-order valence-electron chi connectivity index (χ2n) is 2.88. The molecule has 0 aliphatic carbocycles. The molecule has 1 aromatic rings. The molecule has 13 heavy (non-hydrogen) atoms. The molecule has 4 heteroatoms. The molecule has 0 N–H and O–H groups in total. The first-order valence-electron chi connectivity index (χ1n) is 3.95. The van der Waals surface area contributed by atoms with Crippen LogP contribution in [0.3, 0.4) is 0 Å². The number of aryl methyl sites for hydroxylation is 1. The summed E-state index contributed by atoms with van der Waals surface area (Å²) in [5, 5.41) is 0. The van der Waals surface area contributed by atoms with E-state index in [0.29, 0.717) is 12.2 Å². The van der Waals surface area contributed by atoms with E-state index in [1.807, 2.05) is 6.92 Å². The summed E-state index contributed by atoms with van der Waals surface area (Å²) in [6, 6.07) is 2.54. The maximum atomic E-state index is 12.2. The molecule has 0 bridgehead atoms. The molecular formula is C9H7F3O. The molecule has 0 unspecified atom stereocenters. The van der Waals surface area contributed by atoms with Crippen molar-refractivity contribution in [2.75, 3.05) is 0 Å². The Balaban J connectivity index is 2.45. The first kappa shape index (κ1) is 8.41. The third-order valence-corrected chi connectivity index (χ3v) is 2.04. The van der Waals surface area contributed by atoms with Crippen LogP contribution < -0.4 is 4.74 Å². The SMILES string of the molecule is CCc1ccc(C(F)(F)F)c2c1O2. The van der Waals surface area contributed by atoms with E-state index in [1.165, 1.54) is 6.07 Å². The third kappa shape index (κ3) is 1.26. The minimum Gasteiger partial charge on any atom is -0.449 e. The fraction of sp³-hybridized carbons (Fsp3) is 0.333. The molecule has 1 aliphatic rings. The van der Waals surface area contributed by atoms with Crippen molar-refractivity contribution in [1.82, 2.24) is 0 Å². The zero-order valence-electron chi connectivity index (χ0n) is 6.90. The molecule has 0 radical (unpaired) electrons. The van der Waals surface area contributed by atoms with Crippen LogP contribution in [0.2, 0.25) is 0 Å². The van der Waals surface area contributed by atoms with Gasteiger partial charge < -0.3 is 4.74 Å². The van der Waals surface area contributed by atoms with Crippen LogP contribution in [0.4, 0.5) is 13.2 Å². The highest BCUT2D eigenvalue weighted by Gasteiger charge is 2.41. The maximum Gasteiger partial charge on any atom is 0.420 e. The van der Waals surface area contributed by atoms with Crippen molar-refractivity contribution in [3.8, 4) is 11.5 Å². The van der Waals surface area contributed by atoms with Gasteiger partial charge in [0.2, 0.25) is 0 Å². The van der Waals surface area contributed by atoms with Crippen molar-refractivity contribution in [3.63, 3.8) is 0 Å². The molecule has 0 atom stereocenters. The Kier molecular flexibility index (Phi) is 1.55. The van der Waals surface area contributed by atoms with Gasteiger partial charge in [0.15, 0.2) is 11.5 Å². The quantitative estimate of drug-likeness (QED) is 0.625. The van der Waals surface area contributed by atoms with Crippen LogP contribution in [0.15, 0.2) is 12.1 Å². The van der Waals surface area contributed by atoms with E-state index in [4.69, 9.17) is 4.74 Å². The maximum absolute atomic E-state index is 12.2. The van der Waals surface area contributed by atoms with Crippen molar-refractivity contribution in [2.24, 2.45) is 0 Å². The van der Waals surface area contributed by atoms with E-state index in [1.54, 1.807) is 0 Å². The molecule has 0 aromatic heterocycles. The highest BCUT2D eigenvalue weighted by atomic mass is 19.4. The first-order valence-corrected chi connectivity index (χ1v) is 3.95. The molecule has 1 heterocycles. The number of fused-ring (bicyclic) bond motifs is 1. The molecule has 0 saturated carbocycles. The summed E-state index contributed by atoms with van der Waals surface area (Å²) in [4.78, 5) is 0. The Morgan fingerprint density at radius 1 is 1.23 bits per heavy atom. The van der Waals surface area contributed by atoms with Crippen LogP contribution >= 0.6 is 0 Å². The summed E-state index contributed by atoms with van der Waals surface area (Å²) in [5.74, 6) is 0.421. The van der Waals surface area contributed by atoms with Crippen molar-refractivity contribution in [1.29, 1.82) is 0 Å². The van der Waals surface area contributed by atoms with Crippen LogP contribution in [0, 0.1) is 0 Å². The fourth-order valence-electron chi connectivity index (χ4n) is 1.30. The fourth-order valence-corrected chi connectivity index (χ4v) is 1.30. The number of hydrogen-bond donors (Lipinski definition) is 0. The van der Waals surface area contributed by atoms with E-state index in [0.717, 1.165) is 11.6 Å². The average molecular weight is 188 g/mol. The van der Waals surface area contributed by atoms with Gasteiger partial charge >= 0.3 is 6.18 Å². The van der Waals surface area contributed by atoms with Gasteiger partial charge in [-0.05, 0) is 18.1 Å². The highest BCUT2D eigenvalue weighted by Crippen LogP contribution is 2.55. The zero-order chi connectivity index (χ0) is 9.64. The van der Waals surface area contributed by atoms with Crippen molar-refractivity contribution in [2.45, 2.75) is 19.5 Å². The Morgan fingerprint density at radius 3 is 2.46 bits per heavy atom. The normalized spacial score (nSPS) is 13.5. The summed E-state index contributed by atoms with van der Waals surface area (Å²) in [7, 11) is 0. The molecule has 1 aliphatic heterocycles. The Bertz CT molecular complexity index is 355. The average Bonchev–Trinajstić information content (AvgIpc) is 2.78. The van der Waals surface area contributed by atoms with Gasteiger partial charge in [-0.3, -0.25) is 0 Å². The lowest BCUT2D eigenvalue weighted by atomic mass is 10.1. The highest BCUT2D eigenvalue weighted by molar-refractivity contribution is 5.64. The van der Waals surface area contributed by atoms with Gasteiger partial charge in [-0.1, -0.05) is 13.0 Å². The topological polar surface area (TPSA) is 12.5 Å². The van der Waals surface area contributed by atoms with Crippen LogP contribution in [0.5, 0.6) is 11.5 Å². The molecule has 2 rings (SSSR count). The van der Waals surface area contributed by atoms with E-state index in [2.05, 4.69) is 0 Å². The largest absolute Gasteiger partial charge is 0.449 e. The van der Waals surface area contributed by atoms with Gasteiger partial charge in [-0.2, -0.15) is 13.2 Å². The Hall–Kier alpha value is -1.19. The smallest absolute Gasteiger partial charge is 0.420 e. The summed E-state index contributed by atoms with van der Waals surface area (Å²) >= 11 is 0. The summed E-state index contributed by atoms with van der Waals surface area (Å²) in [6.07, 6.45) is -3.60. The van der Waals surface area contributed by atoms with E-state index >= 15 is 0 Å². The molecule has 1 nitrogen and oxygen atoms in total. The Labute approximate surface area is 73.1 Å². The molecule has 70 valence electrons. The number of alkyl halides is 3. The number of hydrogen-bond acceptors (Lipinski definition) is 1. The molecular weight excluding hydrogens is 181 g/mol. The van der Waals surface area contributed by atoms with Crippen molar-refractivity contribution >= 4 is 0 Å². The molecule has 0 amide bonds. The summed E-state index contributed by atoms with van der Waals surface area (Å²) < 4.78 is 41.5. The lowest BCUT2D eigenvalue weighted by Gasteiger charge is -2.02. The second-order valence-corrected chi connectivity index (χ2v) is 2.88. The molecule has 0 fully saturated rings. The number of benzene rings is 1. The van der Waals surface area contributed by atoms with Crippen LogP contribution in [-0.2, 0) is 12.6 Å². The molecule has 0 spiro atoms. The standard InChI is InChI=1S/C9H7F3O/c1-2-5-3-4-6(9(10,11)12)8-7(5)13-8/h3-4H,2H2,1H3. The zero-order valence-corrected chi connectivity index (χ0v) is 6.90.